The zero-order valence-corrected chi connectivity index (χ0v) is 23.4. The van der Waals surface area contributed by atoms with Gasteiger partial charge < -0.3 is 19.1 Å². The van der Waals surface area contributed by atoms with Crippen molar-refractivity contribution in [3.63, 3.8) is 0 Å². The Hall–Kier alpha value is -3.86. The molecule has 0 aliphatic carbocycles. The third kappa shape index (κ3) is 6.24. The molecule has 6 rings (SSSR count). The molecule has 0 radical (unpaired) electrons. The van der Waals surface area contributed by atoms with E-state index in [4.69, 9.17) is 26.1 Å². The van der Waals surface area contributed by atoms with Crippen molar-refractivity contribution in [3.8, 4) is 5.88 Å². The topological polar surface area (TPSA) is 99.4 Å². The Morgan fingerprint density at radius 3 is 2.83 bits per heavy atom. The number of hydrogen-bond donors (Lipinski definition) is 1. The van der Waals surface area contributed by atoms with Gasteiger partial charge >= 0.3 is 5.97 Å². The Kier molecular flexibility index (Phi) is 7.95. The Balaban J connectivity index is 1.13. The molecule has 0 amide bonds. The zero-order chi connectivity index (χ0) is 28.3. The average molecular weight is 593 g/mol. The monoisotopic (exact) mass is 592 g/mol. The highest BCUT2D eigenvalue weighted by molar-refractivity contribution is 7.09. The van der Waals surface area contributed by atoms with Crippen LogP contribution in [0.25, 0.3) is 11.0 Å². The molecule has 2 aromatic carbocycles. The molecule has 210 valence electrons. The Morgan fingerprint density at radius 2 is 2.07 bits per heavy atom. The first-order valence-electron chi connectivity index (χ1n) is 13.2. The van der Waals surface area contributed by atoms with E-state index in [0.29, 0.717) is 36.0 Å². The predicted molar refractivity (Wildman–Crippen MR) is 153 cm³/mol. The van der Waals surface area contributed by atoms with E-state index in [1.807, 2.05) is 18.3 Å². The number of carbonyl (C=O) groups is 1. The number of hydrogen-bond acceptors (Lipinski definition) is 7. The molecule has 0 spiro atoms. The number of ether oxygens (including phenoxy) is 2. The summed E-state index contributed by atoms with van der Waals surface area (Å²) in [7, 11) is 0. The first kappa shape index (κ1) is 27.3. The van der Waals surface area contributed by atoms with Gasteiger partial charge in [-0.3, -0.25) is 4.98 Å². The molecule has 1 fully saturated rings. The fourth-order valence-corrected chi connectivity index (χ4v) is 5.79. The standard InChI is InChI=1S/C30H26ClFN4O4S/c31-21-7-4-19(24(32)11-21)15-40-29-3-1-2-25(35-29)20-5-8-22(39-16-20)12-28-34-26-9-6-18(30(37)38)10-27(26)36(28)14-23-13-33-17-41-23/h1-4,6-7,9-11,13,17,20,22H,5,8,12,14-16H2,(H,37,38)/t20-,22+/m0/s1. The first-order valence-corrected chi connectivity index (χ1v) is 14.4. The number of carboxylic acid groups (broad SMARTS) is 1. The summed E-state index contributed by atoms with van der Waals surface area (Å²) in [4.78, 5) is 26.3. The maximum atomic E-state index is 14.1. The highest BCUT2D eigenvalue weighted by atomic mass is 35.5. The van der Waals surface area contributed by atoms with Gasteiger partial charge in [-0.2, -0.15) is 0 Å². The lowest BCUT2D eigenvalue weighted by molar-refractivity contribution is 0.00214. The van der Waals surface area contributed by atoms with E-state index in [-0.39, 0.29) is 24.2 Å². The molecule has 5 aromatic rings. The molecule has 0 unspecified atom stereocenters. The summed E-state index contributed by atoms with van der Waals surface area (Å²) in [6, 6.07) is 15.1. The Morgan fingerprint density at radius 1 is 1.17 bits per heavy atom. The number of fused-ring (bicyclic) bond motifs is 1. The summed E-state index contributed by atoms with van der Waals surface area (Å²) in [6.45, 7) is 1.12. The summed E-state index contributed by atoms with van der Waals surface area (Å²) < 4.78 is 28.2. The van der Waals surface area contributed by atoms with Crippen molar-refractivity contribution in [1.82, 2.24) is 19.5 Å². The van der Waals surface area contributed by atoms with Gasteiger partial charge in [-0.25, -0.2) is 19.2 Å². The van der Waals surface area contributed by atoms with Crippen LogP contribution in [0.3, 0.4) is 0 Å². The second-order valence-electron chi connectivity index (χ2n) is 9.95. The van der Waals surface area contributed by atoms with Crippen LogP contribution in [0, 0.1) is 5.82 Å². The number of aromatic nitrogens is 4. The van der Waals surface area contributed by atoms with Crippen LogP contribution in [0.2, 0.25) is 5.02 Å². The molecule has 3 aromatic heterocycles. The van der Waals surface area contributed by atoms with Gasteiger partial charge in [-0.1, -0.05) is 23.7 Å². The summed E-state index contributed by atoms with van der Waals surface area (Å²) >= 11 is 7.38. The molecule has 1 aliphatic heterocycles. The molecule has 41 heavy (non-hydrogen) atoms. The number of halogens is 2. The first-order chi connectivity index (χ1) is 19.9. The molecule has 2 atom stereocenters. The summed E-state index contributed by atoms with van der Waals surface area (Å²) in [5.41, 5.74) is 4.82. The minimum atomic E-state index is -0.971. The number of benzene rings is 2. The third-order valence-electron chi connectivity index (χ3n) is 7.21. The fourth-order valence-electron chi connectivity index (χ4n) is 5.05. The quantitative estimate of drug-likeness (QED) is 0.208. The SMILES string of the molecule is O=C(O)c1ccc2nc(C[C@H]3CC[C@H](c4cccc(OCc5ccc(Cl)cc5F)n4)CO3)n(Cc3cncs3)c2c1. The van der Waals surface area contributed by atoms with Crippen molar-refractivity contribution >= 4 is 39.9 Å². The smallest absolute Gasteiger partial charge is 0.335 e. The largest absolute Gasteiger partial charge is 0.478 e. The van der Waals surface area contributed by atoms with E-state index in [0.717, 1.165) is 40.3 Å². The van der Waals surface area contributed by atoms with Gasteiger partial charge in [0.1, 0.15) is 18.2 Å². The van der Waals surface area contributed by atoms with Gasteiger partial charge in [0.2, 0.25) is 5.88 Å². The van der Waals surface area contributed by atoms with Gasteiger partial charge in [-0.15, -0.1) is 11.3 Å². The van der Waals surface area contributed by atoms with Gasteiger partial charge in [0, 0.05) is 45.8 Å². The molecule has 8 nitrogen and oxygen atoms in total. The Labute approximate surface area is 244 Å². The van der Waals surface area contributed by atoms with Crippen LogP contribution >= 0.6 is 22.9 Å². The highest BCUT2D eigenvalue weighted by Crippen LogP contribution is 2.31. The molecule has 1 N–H and O–H groups in total. The number of pyridine rings is 1. The lowest BCUT2D eigenvalue weighted by Crippen LogP contribution is -2.28. The van der Waals surface area contributed by atoms with Gasteiger partial charge in [0.15, 0.2) is 0 Å². The average Bonchev–Trinajstić information content (AvgIpc) is 3.61. The highest BCUT2D eigenvalue weighted by Gasteiger charge is 2.26. The van der Waals surface area contributed by atoms with E-state index >= 15 is 0 Å². The van der Waals surface area contributed by atoms with Gasteiger partial charge in [0.05, 0.1) is 41.4 Å². The molecular formula is C30H26ClFN4O4S. The van der Waals surface area contributed by atoms with Gasteiger partial charge in [-0.05, 0) is 49.2 Å². The predicted octanol–water partition coefficient (Wildman–Crippen LogP) is 6.51. The second kappa shape index (κ2) is 11.9. The van der Waals surface area contributed by atoms with Crippen LogP contribution in [-0.2, 0) is 24.3 Å². The summed E-state index contributed by atoms with van der Waals surface area (Å²) in [6.07, 6.45) is 4.09. The van der Waals surface area contributed by atoms with E-state index in [1.165, 1.54) is 6.07 Å². The third-order valence-corrected chi connectivity index (χ3v) is 8.21. The van der Waals surface area contributed by atoms with E-state index in [9.17, 15) is 14.3 Å². The van der Waals surface area contributed by atoms with Crippen LogP contribution in [-0.4, -0.2) is 43.3 Å². The van der Waals surface area contributed by atoms with E-state index in [1.54, 1.807) is 53.2 Å². The molecule has 0 saturated carbocycles. The molecule has 1 aliphatic rings. The number of carboxylic acids is 1. The summed E-state index contributed by atoms with van der Waals surface area (Å²) in [5.74, 6) is -0.000751. The zero-order valence-electron chi connectivity index (χ0n) is 21.9. The van der Waals surface area contributed by atoms with Crippen LogP contribution in [0.15, 0.2) is 66.3 Å². The lowest BCUT2D eigenvalue weighted by Gasteiger charge is -2.29. The van der Waals surface area contributed by atoms with Crippen LogP contribution in [0.4, 0.5) is 4.39 Å². The number of nitrogens with zero attached hydrogens (tertiary/aromatic N) is 4. The van der Waals surface area contributed by atoms with Crippen LogP contribution in [0.5, 0.6) is 5.88 Å². The van der Waals surface area contributed by atoms with Crippen molar-refractivity contribution in [2.45, 2.75) is 44.4 Å². The number of imidazole rings is 1. The Bertz CT molecular complexity index is 1690. The maximum Gasteiger partial charge on any atom is 0.335 e. The maximum absolute atomic E-state index is 14.1. The fraction of sp³-hybridized carbons (Fsp3) is 0.267. The molecule has 11 heteroatoms. The normalized spacial score (nSPS) is 17.1. The van der Waals surface area contributed by atoms with E-state index < -0.39 is 11.8 Å². The molecule has 1 saturated heterocycles. The second-order valence-corrected chi connectivity index (χ2v) is 11.4. The van der Waals surface area contributed by atoms with Gasteiger partial charge in [0.25, 0.3) is 0 Å². The molecular weight excluding hydrogens is 567 g/mol. The number of aromatic carboxylic acids is 1. The number of thiazole rings is 1. The van der Waals surface area contributed by atoms with Crippen LogP contribution < -0.4 is 4.74 Å². The minimum absolute atomic E-state index is 0.0328. The van der Waals surface area contributed by atoms with E-state index in [2.05, 4.69) is 14.5 Å². The van der Waals surface area contributed by atoms with Crippen LogP contribution in [0.1, 0.15) is 51.1 Å². The van der Waals surface area contributed by atoms with Crippen molar-refractivity contribution in [3.05, 3.63) is 105 Å². The van der Waals surface area contributed by atoms with Crippen molar-refractivity contribution < 1.29 is 23.8 Å². The summed E-state index contributed by atoms with van der Waals surface area (Å²) in [5, 5.41) is 9.85. The minimum Gasteiger partial charge on any atom is -0.478 e. The van der Waals surface area contributed by atoms with Crippen molar-refractivity contribution in [2.24, 2.45) is 0 Å². The van der Waals surface area contributed by atoms with Crippen molar-refractivity contribution in [2.75, 3.05) is 6.61 Å². The molecule has 4 heterocycles. The number of rotatable bonds is 9. The molecule has 0 bridgehead atoms. The lowest BCUT2D eigenvalue weighted by atomic mass is 9.93. The van der Waals surface area contributed by atoms with Crippen molar-refractivity contribution in [1.29, 1.82) is 0 Å².